The van der Waals surface area contributed by atoms with Crippen molar-refractivity contribution in [2.24, 2.45) is 0 Å². The molecule has 0 unspecified atom stereocenters. The Hall–Kier alpha value is -3.00. The number of anilines is 2. The van der Waals surface area contributed by atoms with E-state index in [1.807, 2.05) is 0 Å². The maximum atomic E-state index is 13.2. The third kappa shape index (κ3) is 3.66. The first-order valence-corrected chi connectivity index (χ1v) is 7.86. The van der Waals surface area contributed by atoms with Crippen molar-refractivity contribution in [1.29, 1.82) is 10.8 Å². The normalized spacial score (nSPS) is 10.5. The van der Waals surface area contributed by atoms with Crippen molar-refractivity contribution >= 4 is 28.0 Å². The molecule has 4 N–H and O–H groups in total. The van der Waals surface area contributed by atoms with Crippen molar-refractivity contribution in [3.05, 3.63) is 64.7 Å². The van der Waals surface area contributed by atoms with Gasteiger partial charge in [0.25, 0.3) is 0 Å². The van der Waals surface area contributed by atoms with Crippen molar-refractivity contribution < 1.29 is 9.50 Å². The van der Waals surface area contributed by atoms with Gasteiger partial charge in [-0.15, -0.1) is 5.10 Å². The fraction of sp³-hybridized carbons (Fsp3) is 0.0625. The van der Waals surface area contributed by atoms with Crippen LogP contribution in [0.3, 0.4) is 0 Å². The van der Waals surface area contributed by atoms with Gasteiger partial charge in [-0.05, 0) is 35.9 Å². The smallest absolute Gasteiger partial charge is 0.210 e. The number of hydrogen-bond acceptors (Lipinski definition) is 6. The standard InChI is InChI=1S/C16H14FN5OS/c17-11-2-1-3-12(9-11)20-16-21-22(15(19)24-16)14(18)8-10-4-6-13(23)7-5-10/h1-7,9,18-19,23H,8H2,(H,20,21). The maximum Gasteiger partial charge on any atom is 0.210 e. The second-order valence-electron chi connectivity index (χ2n) is 5.05. The van der Waals surface area contributed by atoms with Crippen LogP contribution in [-0.4, -0.2) is 20.7 Å². The van der Waals surface area contributed by atoms with Gasteiger partial charge < -0.3 is 10.4 Å². The Labute approximate surface area is 140 Å². The van der Waals surface area contributed by atoms with Gasteiger partial charge in [0.15, 0.2) is 0 Å². The number of hydrogen-bond donors (Lipinski definition) is 4. The largest absolute Gasteiger partial charge is 0.508 e. The minimum atomic E-state index is -0.365. The average Bonchev–Trinajstić information content (AvgIpc) is 2.90. The summed E-state index contributed by atoms with van der Waals surface area (Å²) in [6.45, 7) is 0. The molecule has 0 bridgehead atoms. The van der Waals surface area contributed by atoms with Crippen molar-refractivity contribution in [1.82, 2.24) is 9.78 Å². The van der Waals surface area contributed by atoms with Crippen LogP contribution < -0.4 is 10.1 Å². The fourth-order valence-corrected chi connectivity index (χ4v) is 2.81. The van der Waals surface area contributed by atoms with Crippen LogP contribution in [0.15, 0.2) is 48.5 Å². The molecule has 0 aliphatic heterocycles. The summed E-state index contributed by atoms with van der Waals surface area (Å²) in [5.74, 6) is -0.0702. The summed E-state index contributed by atoms with van der Waals surface area (Å²) in [7, 11) is 0. The molecular weight excluding hydrogens is 329 g/mol. The number of nitrogens with one attached hydrogen (secondary N) is 3. The Kier molecular flexibility index (Phi) is 4.39. The van der Waals surface area contributed by atoms with Crippen molar-refractivity contribution in [2.45, 2.75) is 6.42 Å². The fourth-order valence-electron chi connectivity index (χ4n) is 2.10. The van der Waals surface area contributed by atoms with Gasteiger partial charge in [-0.25, -0.2) is 4.39 Å². The molecule has 0 saturated heterocycles. The van der Waals surface area contributed by atoms with E-state index in [0.29, 0.717) is 10.8 Å². The SMILES string of the molecule is N=C(Cc1ccc(O)cc1)n1nc(Nc2cccc(F)c2)sc1=N. The average molecular weight is 343 g/mol. The van der Waals surface area contributed by atoms with Crippen LogP contribution >= 0.6 is 11.3 Å². The molecule has 0 spiro atoms. The molecular formula is C16H14FN5OS. The van der Waals surface area contributed by atoms with Gasteiger partial charge in [-0.3, -0.25) is 10.8 Å². The van der Waals surface area contributed by atoms with Gasteiger partial charge >= 0.3 is 0 Å². The minimum Gasteiger partial charge on any atom is -0.508 e. The van der Waals surface area contributed by atoms with E-state index >= 15 is 0 Å². The lowest BCUT2D eigenvalue weighted by molar-refractivity contribution is 0.475. The zero-order valence-electron chi connectivity index (χ0n) is 12.5. The summed E-state index contributed by atoms with van der Waals surface area (Å²) in [5.41, 5.74) is 1.36. The molecule has 0 saturated carbocycles. The van der Waals surface area contributed by atoms with Crippen LogP contribution in [0, 0.1) is 16.6 Å². The number of aromatic hydroxyl groups is 1. The molecule has 0 radical (unpaired) electrons. The van der Waals surface area contributed by atoms with E-state index in [1.165, 1.54) is 16.8 Å². The molecule has 1 aromatic heterocycles. The quantitative estimate of drug-likeness (QED) is 0.433. The molecule has 3 rings (SSSR count). The highest BCUT2D eigenvalue weighted by molar-refractivity contribution is 7.13. The molecule has 6 nitrogen and oxygen atoms in total. The summed E-state index contributed by atoms with van der Waals surface area (Å²) >= 11 is 1.06. The number of phenols is 1. The van der Waals surface area contributed by atoms with Crippen LogP contribution in [0.2, 0.25) is 0 Å². The number of aromatic nitrogens is 2. The van der Waals surface area contributed by atoms with Crippen LogP contribution in [0.5, 0.6) is 5.75 Å². The van der Waals surface area contributed by atoms with Gasteiger partial charge in [-0.1, -0.05) is 29.5 Å². The predicted octanol–water partition coefficient (Wildman–Crippen LogP) is 3.08. The van der Waals surface area contributed by atoms with E-state index in [9.17, 15) is 9.50 Å². The van der Waals surface area contributed by atoms with Crippen molar-refractivity contribution in [3.63, 3.8) is 0 Å². The Morgan fingerprint density at radius 3 is 2.71 bits per heavy atom. The third-order valence-electron chi connectivity index (χ3n) is 3.22. The van der Waals surface area contributed by atoms with Gasteiger partial charge in [0, 0.05) is 12.1 Å². The molecule has 0 fully saturated rings. The van der Waals surface area contributed by atoms with E-state index in [4.69, 9.17) is 10.8 Å². The number of halogens is 1. The Morgan fingerprint density at radius 1 is 1.25 bits per heavy atom. The molecule has 8 heteroatoms. The summed E-state index contributed by atoms with van der Waals surface area (Å²) in [6.07, 6.45) is 0.278. The molecule has 0 aliphatic carbocycles. The van der Waals surface area contributed by atoms with Gasteiger partial charge in [0.2, 0.25) is 9.93 Å². The lowest BCUT2D eigenvalue weighted by Gasteiger charge is -2.04. The topological polar surface area (TPSA) is 97.8 Å². The molecule has 3 aromatic rings. The number of rotatable bonds is 4. The lowest BCUT2D eigenvalue weighted by Crippen LogP contribution is -2.25. The molecule has 122 valence electrons. The van der Waals surface area contributed by atoms with Crippen LogP contribution in [-0.2, 0) is 6.42 Å². The zero-order chi connectivity index (χ0) is 17.1. The summed E-state index contributed by atoms with van der Waals surface area (Å²) in [4.78, 5) is 0.0951. The molecule has 0 aliphatic rings. The number of nitrogens with zero attached hydrogens (tertiary/aromatic N) is 2. The number of benzene rings is 2. The zero-order valence-corrected chi connectivity index (χ0v) is 13.3. The highest BCUT2D eigenvalue weighted by Crippen LogP contribution is 2.17. The first-order valence-electron chi connectivity index (χ1n) is 7.04. The Balaban J connectivity index is 1.77. The summed E-state index contributed by atoms with van der Waals surface area (Å²) < 4.78 is 14.4. The third-order valence-corrected chi connectivity index (χ3v) is 3.96. The van der Waals surface area contributed by atoms with Crippen LogP contribution in [0.25, 0.3) is 0 Å². The maximum absolute atomic E-state index is 13.2. The lowest BCUT2D eigenvalue weighted by atomic mass is 10.1. The van der Waals surface area contributed by atoms with Crippen LogP contribution in [0.4, 0.5) is 15.2 Å². The Morgan fingerprint density at radius 2 is 2.00 bits per heavy atom. The molecule has 2 aromatic carbocycles. The summed E-state index contributed by atoms with van der Waals surface area (Å²) in [6, 6.07) is 12.5. The predicted molar refractivity (Wildman–Crippen MR) is 90.6 cm³/mol. The van der Waals surface area contributed by atoms with Gasteiger partial charge in [0.05, 0.1) is 0 Å². The molecule has 0 atom stereocenters. The van der Waals surface area contributed by atoms with Gasteiger partial charge in [0.1, 0.15) is 17.4 Å². The van der Waals surface area contributed by atoms with Crippen molar-refractivity contribution in [2.75, 3.05) is 5.32 Å². The van der Waals surface area contributed by atoms with E-state index in [0.717, 1.165) is 16.9 Å². The van der Waals surface area contributed by atoms with Crippen LogP contribution in [0.1, 0.15) is 5.56 Å². The minimum absolute atomic E-state index is 0.0951. The highest BCUT2D eigenvalue weighted by atomic mass is 32.1. The summed E-state index contributed by atoms with van der Waals surface area (Å²) in [5, 5.41) is 32.9. The molecule has 24 heavy (non-hydrogen) atoms. The van der Waals surface area contributed by atoms with E-state index < -0.39 is 0 Å². The second-order valence-corrected chi connectivity index (χ2v) is 6.03. The van der Waals surface area contributed by atoms with E-state index in [2.05, 4.69) is 10.4 Å². The van der Waals surface area contributed by atoms with Crippen molar-refractivity contribution in [3.8, 4) is 5.75 Å². The first-order chi connectivity index (χ1) is 11.5. The molecule has 1 heterocycles. The van der Waals surface area contributed by atoms with E-state index in [1.54, 1.807) is 36.4 Å². The second kappa shape index (κ2) is 6.63. The monoisotopic (exact) mass is 343 g/mol. The highest BCUT2D eigenvalue weighted by Gasteiger charge is 2.10. The number of phenolic OH excluding ortho intramolecular Hbond substituents is 1. The Bertz CT molecular complexity index is 932. The first kappa shape index (κ1) is 15.9. The molecule has 0 amide bonds. The van der Waals surface area contributed by atoms with Gasteiger partial charge in [-0.2, -0.15) is 4.68 Å². The van der Waals surface area contributed by atoms with E-state index in [-0.39, 0.29) is 28.6 Å².